The second kappa shape index (κ2) is 3.56. The molecular formula is C8H6F5NO4S. The lowest BCUT2D eigenvalue weighted by atomic mass is 10.1. The molecule has 1 aromatic rings. The molecule has 0 saturated carbocycles. The Morgan fingerprint density at radius 1 is 1.26 bits per heavy atom. The molecular weight excluding hydrogens is 301 g/mol. The van der Waals surface area contributed by atoms with Crippen LogP contribution >= 0.6 is 10.2 Å². The van der Waals surface area contributed by atoms with Gasteiger partial charge in [0.1, 0.15) is 4.90 Å². The van der Waals surface area contributed by atoms with E-state index >= 15 is 0 Å². The normalized spacial score (nSPS) is 15.4. The summed E-state index contributed by atoms with van der Waals surface area (Å²) in [5.41, 5.74) is -1.91. The van der Waals surface area contributed by atoms with Gasteiger partial charge >= 0.3 is 16.2 Å². The van der Waals surface area contributed by atoms with E-state index in [0.717, 1.165) is 0 Å². The van der Waals surface area contributed by atoms with Crippen LogP contribution in [0.2, 0.25) is 0 Å². The molecule has 0 radical (unpaired) electrons. The molecule has 0 atom stereocenters. The molecule has 1 N–H and O–H groups in total. The van der Waals surface area contributed by atoms with Crippen LogP contribution in [0.4, 0.5) is 25.1 Å². The number of carbonyl (C=O) groups is 1. The van der Waals surface area contributed by atoms with E-state index in [1.807, 2.05) is 0 Å². The van der Waals surface area contributed by atoms with Gasteiger partial charge in [-0.15, -0.1) is 0 Å². The lowest BCUT2D eigenvalue weighted by molar-refractivity contribution is -0.385. The third kappa shape index (κ3) is 3.77. The quantitative estimate of drug-likeness (QED) is 0.520. The topological polar surface area (TPSA) is 80.4 Å². The van der Waals surface area contributed by atoms with Gasteiger partial charge in [-0.1, -0.05) is 19.4 Å². The fourth-order valence-corrected chi connectivity index (χ4v) is 1.97. The zero-order chi connectivity index (χ0) is 15.1. The van der Waals surface area contributed by atoms with Crippen molar-refractivity contribution in [1.29, 1.82) is 0 Å². The minimum atomic E-state index is -10.00. The van der Waals surface area contributed by atoms with Crippen molar-refractivity contribution in [3.8, 4) is 0 Å². The van der Waals surface area contributed by atoms with E-state index in [4.69, 9.17) is 5.11 Å². The summed E-state index contributed by atoms with van der Waals surface area (Å²) < 4.78 is 62.4. The molecule has 0 unspecified atom stereocenters. The first kappa shape index (κ1) is 15.1. The molecule has 0 spiro atoms. The van der Waals surface area contributed by atoms with E-state index in [9.17, 15) is 34.3 Å². The zero-order valence-electron chi connectivity index (χ0n) is 8.86. The van der Waals surface area contributed by atoms with Gasteiger partial charge in [-0.05, 0) is 12.1 Å². The van der Waals surface area contributed by atoms with Gasteiger partial charge in [-0.25, -0.2) is 0 Å². The summed E-state index contributed by atoms with van der Waals surface area (Å²) in [6, 6.07) is -0.121. The first-order valence-electron chi connectivity index (χ1n) is 4.44. The molecule has 0 fully saturated rings. The Bertz CT molecular complexity index is 570. The molecule has 1 rings (SSSR count). The summed E-state index contributed by atoms with van der Waals surface area (Å²) in [5.74, 6) is -1.68. The summed E-state index contributed by atoms with van der Waals surface area (Å²) in [6.07, 6.45) is -1.17. The highest BCUT2D eigenvalue weighted by Gasteiger charge is 2.65. The van der Waals surface area contributed by atoms with Gasteiger partial charge in [0.05, 0.1) is 11.3 Å². The summed E-state index contributed by atoms with van der Waals surface area (Å²) in [7, 11) is -10.00. The first-order chi connectivity index (χ1) is 8.20. The second-order valence-electron chi connectivity index (χ2n) is 3.59. The van der Waals surface area contributed by atoms with Gasteiger partial charge in [0.25, 0.3) is 5.69 Å². The van der Waals surface area contributed by atoms with Crippen LogP contribution in [0, 0.1) is 10.1 Å². The number of nitro benzene ring substituents is 1. The van der Waals surface area contributed by atoms with E-state index in [2.05, 4.69) is 0 Å². The summed E-state index contributed by atoms with van der Waals surface area (Å²) in [6.45, 7) is 0. The number of hydrogen-bond acceptors (Lipinski definition) is 3. The average Bonchev–Trinajstić information content (AvgIpc) is 2.12. The van der Waals surface area contributed by atoms with Gasteiger partial charge in [-0.3, -0.25) is 14.9 Å². The number of benzene rings is 1. The maximum atomic E-state index is 12.5. The summed E-state index contributed by atoms with van der Waals surface area (Å²) in [5, 5.41) is 18.9. The largest absolute Gasteiger partial charge is 0.481 e. The molecule has 0 bridgehead atoms. The van der Waals surface area contributed by atoms with Crippen LogP contribution in [-0.2, 0) is 11.2 Å². The van der Waals surface area contributed by atoms with Gasteiger partial charge < -0.3 is 5.11 Å². The Hall–Kier alpha value is -1.91. The third-order valence-electron chi connectivity index (χ3n) is 2.03. The predicted octanol–water partition coefficient (Wildman–Crippen LogP) is 3.88. The zero-order valence-corrected chi connectivity index (χ0v) is 9.67. The van der Waals surface area contributed by atoms with Crippen LogP contribution in [0.25, 0.3) is 0 Å². The molecule has 0 saturated heterocycles. The number of hydrogen-bond donors (Lipinski definition) is 1. The van der Waals surface area contributed by atoms with E-state index in [0.29, 0.717) is 0 Å². The van der Waals surface area contributed by atoms with Crippen molar-refractivity contribution < 1.29 is 34.3 Å². The number of halogens is 5. The maximum Gasteiger partial charge on any atom is 0.310 e. The van der Waals surface area contributed by atoms with Crippen LogP contribution in [0.3, 0.4) is 0 Å². The van der Waals surface area contributed by atoms with Crippen LogP contribution in [0.15, 0.2) is 23.1 Å². The molecule has 0 aliphatic heterocycles. The maximum absolute atomic E-state index is 12.5. The molecule has 0 amide bonds. The van der Waals surface area contributed by atoms with Crippen molar-refractivity contribution in [2.75, 3.05) is 0 Å². The van der Waals surface area contributed by atoms with Crippen molar-refractivity contribution in [2.45, 2.75) is 11.3 Å². The molecule has 5 nitrogen and oxygen atoms in total. The number of aliphatic carboxylic acids is 1. The van der Waals surface area contributed by atoms with Crippen molar-refractivity contribution in [3.05, 3.63) is 33.9 Å². The van der Waals surface area contributed by atoms with Crippen LogP contribution in [-0.4, -0.2) is 16.0 Å². The number of nitrogens with zero attached hydrogens (tertiary/aromatic N) is 1. The van der Waals surface area contributed by atoms with Gasteiger partial charge in [-0.2, -0.15) is 0 Å². The van der Waals surface area contributed by atoms with Gasteiger partial charge in [0.2, 0.25) is 0 Å². The third-order valence-corrected chi connectivity index (χ3v) is 3.18. The average molecular weight is 307 g/mol. The van der Waals surface area contributed by atoms with E-state index < -0.39 is 43.7 Å². The van der Waals surface area contributed by atoms with Crippen LogP contribution in [0.1, 0.15) is 5.56 Å². The van der Waals surface area contributed by atoms with Gasteiger partial charge in [0, 0.05) is 11.6 Å². The summed E-state index contributed by atoms with van der Waals surface area (Å²) >= 11 is 0. The number of carboxylic acid groups (broad SMARTS) is 1. The Labute approximate surface area is 102 Å². The highest BCUT2D eigenvalue weighted by atomic mass is 32.5. The fraction of sp³-hybridized carbons (Fsp3) is 0.125. The monoisotopic (exact) mass is 307 g/mol. The Morgan fingerprint density at radius 2 is 1.79 bits per heavy atom. The number of rotatable bonds is 4. The Kier molecular flexibility index (Phi) is 2.84. The lowest BCUT2D eigenvalue weighted by Gasteiger charge is -2.40. The molecule has 11 heteroatoms. The minimum Gasteiger partial charge on any atom is -0.481 e. The van der Waals surface area contributed by atoms with Crippen molar-refractivity contribution in [2.24, 2.45) is 0 Å². The summed E-state index contributed by atoms with van der Waals surface area (Å²) in [4.78, 5) is 17.4. The highest BCUT2D eigenvalue weighted by molar-refractivity contribution is 8.45. The molecule has 0 aromatic heterocycles. The molecule has 0 heterocycles. The molecule has 19 heavy (non-hydrogen) atoms. The first-order valence-corrected chi connectivity index (χ1v) is 6.39. The van der Waals surface area contributed by atoms with E-state index in [1.54, 1.807) is 0 Å². The van der Waals surface area contributed by atoms with Crippen molar-refractivity contribution in [1.82, 2.24) is 0 Å². The van der Waals surface area contributed by atoms with Gasteiger partial charge in [0.15, 0.2) is 0 Å². The predicted molar refractivity (Wildman–Crippen MR) is 55.8 cm³/mol. The number of nitro groups is 1. The second-order valence-corrected chi connectivity index (χ2v) is 6.00. The SMILES string of the molecule is O=C(O)Cc1cc(S(F)(F)(F)(F)F)ccc1[N+](=O)[O-]. The molecule has 0 aliphatic carbocycles. The molecule has 1 aromatic carbocycles. The van der Waals surface area contributed by atoms with Crippen LogP contribution < -0.4 is 0 Å². The van der Waals surface area contributed by atoms with E-state index in [-0.39, 0.29) is 18.2 Å². The molecule has 0 aliphatic rings. The number of carboxylic acids is 1. The van der Waals surface area contributed by atoms with E-state index in [1.165, 1.54) is 0 Å². The van der Waals surface area contributed by atoms with Crippen molar-refractivity contribution >= 4 is 21.9 Å². The Balaban J connectivity index is 3.52. The van der Waals surface area contributed by atoms with Crippen LogP contribution in [0.5, 0.6) is 0 Å². The standard InChI is InChI=1S/C8H6F5NO4S/c9-19(10,11,12,13)6-1-2-7(14(17)18)5(3-6)4-8(15)16/h1-3H,4H2,(H,15,16). The molecule has 108 valence electrons. The minimum absolute atomic E-state index is 0.134. The van der Waals surface area contributed by atoms with Crippen molar-refractivity contribution in [3.63, 3.8) is 0 Å². The smallest absolute Gasteiger partial charge is 0.310 e. The Morgan fingerprint density at radius 3 is 2.16 bits per heavy atom. The fourth-order valence-electron chi connectivity index (χ4n) is 1.28. The lowest BCUT2D eigenvalue weighted by Crippen LogP contribution is -2.09. The highest BCUT2D eigenvalue weighted by Crippen LogP contribution is 3.02.